The maximum absolute atomic E-state index is 8.91. The summed E-state index contributed by atoms with van der Waals surface area (Å²) in [5.41, 5.74) is 2.68. The van der Waals surface area contributed by atoms with Crippen molar-refractivity contribution in [3.63, 3.8) is 0 Å². The van der Waals surface area contributed by atoms with Crippen LogP contribution in [-0.2, 0) is 0 Å². The molecule has 0 bridgehead atoms. The fourth-order valence-electron chi connectivity index (χ4n) is 2.72. The quantitative estimate of drug-likeness (QED) is 0.863. The zero-order valence-electron chi connectivity index (χ0n) is 10.7. The highest BCUT2D eigenvalue weighted by atomic mass is 16.3. The molecule has 1 aliphatic carbocycles. The number of rotatable bonds is 4. The van der Waals surface area contributed by atoms with Crippen molar-refractivity contribution in [2.75, 3.05) is 25.1 Å². The topological polar surface area (TPSA) is 23.5 Å². The number of hydrogen-bond acceptors (Lipinski definition) is 2. The fourth-order valence-corrected chi connectivity index (χ4v) is 2.72. The Morgan fingerprint density at radius 3 is 2.35 bits per heavy atom. The van der Waals surface area contributed by atoms with E-state index >= 15 is 0 Å². The Bertz CT molecular complexity index is 327. The molecule has 94 valence electrons. The molecule has 1 fully saturated rings. The van der Waals surface area contributed by atoms with Crippen molar-refractivity contribution in [2.45, 2.75) is 38.0 Å². The van der Waals surface area contributed by atoms with Gasteiger partial charge >= 0.3 is 0 Å². The summed E-state index contributed by atoms with van der Waals surface area (Å²) in [5, 5.41) is 8.91. The van der Waals surface area contributed by atoms with Crippen LogP contribution in [0.25, 0.3) is 0 Å². The van der Waals surface area contributed by atoms with E-state index in [9.17, 15) is 0 Å². The molecule has 0 aliphatic heterocycles. The second kappa shape index (κ2) is 6.06. The second-order valence-corrected chi connectivity index (χ2v) is 5.07. The molecular formula is C15H23NO. The summed E-state index contributed by atoms with van der Waals surface area (Å²) in [6.45, 7) is 0.906. The van der Waals surface area contributed by atoms with Crippen LogP contribution in [0.2, 0.25) is 0 Å². The number of aliphatic hydroxyl groups excluding tert-OH is 1. The van der Waals surface area contributed by atoms with Crippen LogP contribution < -0.4 is 4.90 Å². The normalized spacial score (nSPS) is 17.1. The van der Waals surface area contributed by atoms with E-state index in [1.54, 1.807) is 0 Å². The summed E-state index contributed by atoms with van der Waals surface area (Å²) >= 11 is 0. The molecule has 1 aliphatic rings. The maximum atomic E-state index is 8.91. The Hall–Kier alpha value is -1.02. The molecule has 0 spiro atoms. The van der Waals surface area contributed by atoms with Gasteiger partial charge in [-0.3, -0.25) is 0 Å². The van der Waals surface area contributed by atoms with Crippen molar-refractivity contribution in [1.29, 1.82) is 0 Å². The number of anilines is 1. The molecule has 1 N–H and O–H groups in total. The Morgan fingerprint density at radius 2 is 1.76 bits per heavy atom. The first-order chi connectivity index (χ1) is 8.31. The van der Waals surface area contributed by atoms with Crippen LogP contribution in [0.3, 0.4) is 0 Å². The van der Waals surface area contributed by atoms with Crippen molar-refractivity contribution >= 4 is 5.69 Å². The fraction of sp³-hybridized carbons (Fsp3) is 0.600. The van der Waals surface area contributed by atoms with Gasteiger partial charge in [0, 0.05) is 19.3 Å². The summed E-state index contributed by atoms with van der Waals surface area (Å²) in [5.74, 6) is 0.779. The third-order valence-corrected chi connectivity index (χ3v) is 3.85. The first kappa shape index (κ1) is 12.4. The molecule has 2 heteroatoms. The van der Waals surface area contributed by atoms with Gasteiger partial charge in [0.1, 0.15) is 0 Å². The monoisotopic (exact) mass is 233 g/mol. The highest BCUT2D eigenvalue weighted by molar-refractivity contribution is 5.47. The minimum atomic E-state index is 0.209. The van der Waals surface area contributed by atoms with Gasteiger partial charge in [0.25, 0.3) is 0 Å². The molecule has 0 saturated heterocycles. The van der Waals surface area contributed by atoms with Crippen LogP contribution in [0.1, 0.15) is 43.6 Å². The highest BCUT2D eigenvalue weighted by Crippen LogP contribution is 2.33. The first-order valence-electron chi connectivity index (χ1n) is 6.73. The van der Waals surface area contributed by atoms with Crippen LogP contribution in [0.15, 0.2) is 24.3 Å². The van der Waals surface area contributed by atoms with E-state index in [0.29, 0.717) is 6.54 Å². The van der Waals surface area contributed by atoms with E-state index in [1.807, 2.05) is 7.05 Å². The Kier molecular flexibility index (Phi) is 4.43. The van der Waals surface area contributed by atoms with Gasteiger partial charge < -0.3 is 10.0 Å². The Morgan fingerprint density at radius 1 is 1.12 bits per heavy atom. The van der Waals surface area contributed by atoms with E-state index in [2.05, 4.69) is 29.2 Å². The van der Waals surface area contributed by atoms with Crippen LogP contribution in [0, 0.1) is 0 Å². The van der Waals surface area contributed by atoms with Gasteiger partial charge in [0.15, 0.2) is 0 Å². The smallest absolute Gasteiger partial charge is 0.0606 e. The summed E-state index contributed by atoms with van der Waals surface area (Å²) in [4.78, 5) is 2.09. The molecule has 1 aromatic carbocycles. The van der Waals surface area contributed by atoms with Crippen molar-refractivity contribution in [1.82, 2.24) is 0 Å². The molecule has 0 radical (unpaired) electrons. The van der Waals surface area contributed by atoms with Crippen LogP contribution in [-0.4, -0.2) is 25.3 Å². The first-order valence-corrected chi connectivity index (χ1v) is 6.73. The predicted molar refractivity (Wildman–Crippen MR) is 72.6 cm³/mol. The summed E-state index contributed by atoms with van der Waals surface area (Å²) < 4.78 is 0. The highest BCUT2D eigenvalue weighted by Gasteiger charge is 2.15. The third kappa shape index (κ3) is 3.22. The van der Waals surface area contributed by atoms with E-state index in [-0.39, 0.29) is 6.61 Å². The molecule has 0 atom stereocenters. The zero-order chi connectivity index (χ0) is 12.1. The van der Waals surface area contributed by atoms with E-state index < -0.39 is 0 Å². The summed E-state index contributed by atoms with van der Waals surface area (Å²) in [6, 6.07) is 8.89. The molecule has 0 aromatic heterocycles. The van der Waals surface area contributed by atoms with Crippen LogP contribution in [0.4, 0.5) is 5.69 Å². The predicted octanol–water partition coefficient (Wildman–Crippen LogP) is 3.16. The lowest BCUT2D eigenvalue weighted by Gasteiger charge is -2.23. The van der Waals surface area contributed by atoms with E-state index in [1.165, 1.54) is 43.4 Å². The minimum absolute atomic E-state index is 0.209. The number of likely N-dealkylation sites (N-methyl/N-ethyl adjacent to an activating group) is 1. The average molecular weight is 233 g/mol. The van der Waals surface area contributed by atoms with Crippen molar-refractivity contribution in [3.8, 4) is 0 Å². The van der Waals surface area contributed by atoms with Crippen LogP contribution >= 0.6 is 0 Å². The summed E-state index contributed by atoms with van der Waals surface area (Å²) in [6.07, 6.45) is 6.89. The van der Waals surface area contributed by atoms with E-state index in [0.717, 1.165) is 5.92 Å². The molecule has 2 nitrogen and oxygen atoms in total. The van der Waals surface area contributed by atoms with E-state index in [4.69, 9.17) is 5.11 Å². The number of hydrogen-bond donors (Lipinski definition) is 1. The zero-order valence-corrected chi connectivity index (χ0v) is 10.7. The lowest BCUT2D eigenvalue weighted by molar-refractivity contribution is 0.304. The molecular weight excluding hydrogens is 210 g/mol. The lowest BCUT2D eigenvalue weighted by atomic mass is 9.84. The van der Waals surface area contributed by atoms with Crippen molar-refractivity contribution in [3.05, 3.63) is 29.8 Å². The molecule has 17 heavy (non-hydrogen) atoms. The van der Waals surface area contributed by atoms with Gasteiger partial charge in [-0.05, 0) is 36.5 Å². The largest absolute Gasteiger partial charge is 0.395 e. The summed E-state index contributed by atoms with van der Waals surface area (Å²) in [7, 11) is 2.02. The van der Waals surface area contributed by atoms with Gasteiger partial charge in [-0.2, -0.15) is 0 Å². The van der Waals surface area contributed by atoms with Crippen molar-refractivity contribution < 1.29 is 5.11 Å². The number of benzene rings is 1. The Balaban J connectivity index is 2.01. The van der Waals surface area contributed by atoms with Gasteiger partial charge in [0.2, 0.25) is 0 Å². The van der Waals surface area contributed by atoms with Crippen molar-refractivity contribution in [2.24, 2.45) is 0 Å². The molecule has 0 unspecified atom stereocenters. The average Bonchev–Trinajstić information content (AvgIpc) is 2.40. The Labute approximate surface area is 104 Å². The van der Waals surface area contributed by atoms with Gasteiger partial charge in [0.05, 0.1) is 6.61 Å². The molecule has 0 heterocycles. The minimum Gasteiger partial charge on any atom is -0.395 e. The van der Waals surface area contributed by atoms with Gasteiger partial charge in [-0.1, -0.05) is 31.4 Å². The molecule has 1 saturated carbocycles. The van der Waals surface area contributed by atoms with Gasteiger partial charge in [-0.15, -0.1) is 0 Å². The number of aliphatic hydroxyl groups is 1. The molecule has 1 aromatic rings. The SMILES string of the molecule is CN(CCO)c1ccc(C2CCCCC2)cc1. The molecule has 0 amide bonds. The maximum Gasteiger partial charge on any atom is 0.0606 e. The number of nitrogens with zero attached hydrogens (tertiary/aromatic N) is 1. The van der Waals surface area contributed by atoms with Crippen LogP contribution in [0.5, 0.6) is 0 Å². The lowest BCUT2D eigenvalue weighted by Crippen LogP contribution is -2.21. The second-order valence-electron chi connectivity index (χ2n) is 5.07. The molecule has 2 rings (SSSR count). The third-order valence-electron chi connectivity index (χ3n) is 3.85. The standard InChI is InChI=1S/C15H23NO/c1-16(11-12-17)15-9-7-14(8-10-15)13-5-3-2-4-6-13/h7-10,13,17H,2-6,11-12H2,1H3. The van der Waals surface area contributed by atoms with Gasteiger partial charge in [-0.25, -0.2) is 0 Å².